The van der Waals surface area contributed by atoms with Crippen LogP contribution in [0.5, 0.6) is 0 Å². The first-order valence-corrected chi connectivity index (χ1v) is 5.48. The normalized spacial score (nSPS) is 28.4. The summed E-state index contributed by atoms with van der Waals surface area (Å²) in [7, 11) is 0. The Labute approximate surface area is 80.6 Å². The molecule has 0 aromatic carbocycles. The molecule has 0 atom stereocenters. The average Bonchev–Trinajstić information content (AvgIpc) is 2.13. The zero-order chi connectivity index (χ0) is 9.15. The van der Waals surface area contributed by atoms with Gasteiger partial charge in [-0.3, -0.25) is 0 Å². The lowest BCUT2D eigenvalue weighted by atomic mass is 9.89. The highest BCUT2D eigenvalue weighted by atomic mass is 16.5. The SMILES string of the molecule is CC1(COC2CCCCC2)COC1. The van der Waals surface area contributed by atoms with Gasteiger partial charge in [0.15, 0.2) is 0 Å². The van der Waals surface area contributed by atoms with Crippen molar-refractivity contribution in [3.05, 3.63) is 0 Å². The van der Waals surface area contributed by atoms with Crippen molar-refractivity contribution >= 4 is 0 Å². The zero-order valence-corrected chi connectivity index (χ0v) is 8.55. The maximum atomic E-state index is 5.91. The summed E-state index contributed by atoms with van der Waals surface area (Å²) in [6.07, 6.45) is 7.22. The van der Waals surface area contributed by atoms with E-state index in [0.29, 0.717) is 11.5 Å². The van der Waals surface area contributed by atoms with Gasteiger partial charge < -0.3 is 9.47 Å². The maximum absolute atomic E-state index is 5.91. The molecule has 1 saturated heterocycles. The van der Waals surface area contributed by atoms with Crippen molar-refractivity contribution in [3.63, 3.8) is 0 Å². The fourth-order valence-electron chi connectivity index (χ4n) is 2.08. The van der Waals surface area contributed by atoms with Crippen LogP contribution in [0.25, 0.3) is 0 Å². The van der Waals surface area contributed by atoms with Crippen LogP contribution < -0.4 is 0 Å². The third kappa shape index (κ3) is 2.44. The smallest absolute Gasteiger partial charge is 0.0575 e. The van der Waals surface area contributed by atoms with E-state index in [4.69, 9.17) is 9.47 Å². The van der Waals surface area contributed by atoms with Crippen LogP contribution in [0.2, 0.25) is 0 Å². The van der Waals surface area contributed by atoms with Gasteiger partial charge in [0.2, 0.25) is 0 Å². The summed E-state index contributed by atoms with van der Waals surface area (Å²) in [5, 5.41) is 0. The van der Waals surface area contributed by atoms with Gasteiger partial charge in [0, 0.05) is 5.41 Å². The van der Waals surface area contributed by atoms with Crippen molar-refractivity contribution in [2.45, 2.75) is 45.1 Å². The molecule has 0 amide bonds. The van der Waals surface area contributed by atoms with E-state index in [1.54, 1.807) is 0 Å². The summed E-state index contributed by atoms with van der Waals surface area (Å²) in [5.41, 5.74) is 0.331. The van der Waals surface area contributed by atoms with E-state index in [9.17, 15) is 0 Å². The van der Waals surface area contributed by atoms with Gasteiger partial charge in [-0.25, -0.2) is 0 Å². The highest BCUT2D eigenvalue weighted by molar-refractivity contribution is 4.81. The molecule has 0 aromatic rings. The van der Waals surface area contributed by atoms with E-state index in [0.717, 1.165) is 19.8 Å². The van der Waals surface area contributed by atoms with Gasteiger partial charge in [0.05, 0.1) is 25.9 Å². The first-order chi connectivity index (χ1) is 6.29. The molecule has 0 radical (unpaired) electrons. The lowest BCUT2D eigenvalue weighted by molar-refractivity contribution is -0.151. The highest BCUT2D eigenvalue weighted by Crippen LogP contribution is 2.29. The molecule has 1 saturated carbocycles. The monoisotopic (exact) mass is 184 g/mol. The van der Waals surface area contributed by atoms with Gasteiger partial charge in [-0.2, -0.15) is 0 Å². The molecule has 76 valence electrons. The first kappa shape index (κ1) is 9.47. The van der Waals surface area contributed by atoms with Crippen LogP contribution >= 0.6 is 0 Å². The number of hydrogen-bond donors (Lipinski definition) is 0. The molecule has 2 heteroatoms. The lowest BCUT2D eigenvalue weighted by Crippen LogP contribution is -2.44. The highest BCUT2D eigenvalue weighted by Gasteiger charge is 2.34. The maximum Gasteiger partial charge on any atom is 0.0575 e. The van der Waals surface area contributed by atoms with Gasteiger partial charge in [0.1, 0.15) is 0 Å². The molecule has 1 heterocycles. The zero-order valence-electron chi connectivity index (χ0n) is 8.55. The summed E-state index contributed by atoms with van der Waals surface area (Å²) < 4.78 is 11.1. The predicted molar refractivity (Wildman–Crippen MR) is 51.8 cm³/mol. The van der Waals surface area contributed by atoms with E-state index >= 15 is 0 Å². The van der Waals surface area contributed by atoms with Crippen LogP contribution in [0.15, 0.2) is 0 Å². The quantitative estimate of drug-likeness (QED) is 0.670. The Balaban J connectivity index is 1.66. The van der Waals surface area contributed by atoms with Crippen LogP contribution in [0, 0.1) is 5.41 Å². The molecule has 2 rings (SSSR count). The summed E-state index contributed by atoms with van der Waals surface area (Å²) in [6, 6.07) is 0. The molecule has 2 aliphatic rings. The Morgan fingerprint density at radius 2 is 1.92 bits per heavy atom. The molecule has 2 nitrogen and oxygen atoms in total. The number of hydrogen-bond acceptors (Lipinski definition) is 2. The lowest BCUT2D eigenvalue weighted by Gasteiger charge is -2.39. The van der Waals surface area contributed by atoms with E-state index in [-0.39, 0.29) is 0 Å². The summed E-state index contributed by atoms with van der Waals surface area (Å²) in [6.45, 7) is 4.93. The Bertz CT molecular complexity index is 157. The Hall–Kier alpha value is -0.0800. The first-order valence-electron chi connectivity index (χ1n) is 5.48. The molecule has 2 fully saturated rings. The Morgan fingerprint density at radius 1 is 1.23 bits per heavy atom. The second kappa shape index (κ2) is 3.97. The average molecular weight is 184 g/mol. The summed E-state index contributed by atoms with van der Waals surface area (Å²) in [4.78, 5) is 0. The molecule has 0 aromatic heterocycles. The van der Waals surface area contributed by atoms with Gasteiger partial charge >= 0.3 is 0 Å². The van der Waals surface area contributed by atoms with Crippen LogP contribution in [-0.2, 0) is 9.47 Å². The van der Waals surface area contributed by atoms with Crippen molar-refractivity contribution < 1.29 is 9.47 Å². The molecule has 13 heavy (non-hydrogen) atoms. The molecular formula is C11H20O2. The minimum atomic E-state index is 0.331. The fourth-order valence-corrected chi connectivity index (χ4v) is 2.08. The van der Waals surface area contributed by atoms with Crippen LogP contribution in [0.3, 0.4) is 0 Å². The second-order valence-electron chi connectivity index (χ2n) is 4.87. The molecule has 0 bridgehead atoms. The molecule has 0 spiro atoms. The molecule has 0 N–H and O–H groups in total. The van der Waals surface area contributed by atoms with Crippen molar-refractivity contribution in [1.82, 2.24) is 0 Å². The predicted octanol–water partition coefficient (Wildman–Crippen LogP) is 2.37. The fraction of sp³-hybridized carbons (Fsp3) is 1.00. The van der Waals surface area contributed by atoms with E-state index < -0.39 is 0 Å². The number of ether oxygens (including phenoxy) is 2. The van der Waals surface area contributed by atoms with E-state index in [2.05, 4.69) is 6.92 Å². The van der Waals surface area contributed by atoms with Crippen LogP contribution in [0.4, 0.5) is 0 Å². The Kier molecular flexibility index (Phi) is 2.89. The van der Waals surface area contributed by atoms with Crippen molar-refractivity contribution in [2.75, 3.05) is 19.8 Å². The minimum absolute atomic E-state index is 0.331. The van der Waals surface area contributed by atoms with Crippen LogP contribution in [0.1, 0.15) is 39.0 Å². The van der Waals surface area contributed by atoms with E-state index in [1.807, 2.05) is 0 Å². The van der Waals surface area contributed by atoms with Crippen molar-refractivity contribution in [1.29, 1.82) is 0 Å². The minimum Gasteiger partial charge on any atom is -0.380 e. The number of rotatable bonds is 3. The summed E-state index contributed by atoms with van der Waals surface area (Å²) in [5.74, 6) is 0. The molecule has 1 aliphatic carbocycles. The topological polar surface area (TPSA) is 18.5 Å². The second-order valence-corrected chi connectivity index (χ2v) is 4.87. The third-order valence-corrected chi connectivity index (χ3v) is 3.12. The van der Waals surface area contributed by atoms with E-state index in [1.165, 1.54) is 32.1 Å². The van der Waals surface area contributed by atoms with Crippen LogP contribution in [-0.4, -0.2) is 25.9 Å². The summed E-state index contributed by atoms with van der Waals surface area (Å²) >= 11 is 0. The van der Waals surface area contributed by atoms with Gasteiger partial charge in [-0.05, 0) is 12.8 Å². The van der Waals surface area contributed by atoms with Gasteiger partial charge in [0.25, 0.3) is 0 Å². The van der Waals surface area contributed by atoms with Crippen molar-refractivity contribution in [2.24, 2.45) is 5.41 Å². The Morgan fingerprint density at radius 3 is 2.46 bits per heavy atom. The van der Waals surface area contributed by atoms with Gasteiger partial charge in [-0.15, -0.1) is 0 Å². The molecular weight excluding hydrogens is 164 g/mol. The van der Waals surface area contributed by atoms with Gasteiger partial charge in [-0.1, -0.05) is 26.2 Å². The van der Waals surface area contributed by atoms with Crippen molar-refractivity contribution in [3.8, 4) is 0 Å². The molecule has 1 aliphatic heterocycles. The molecule has 0 unspecified atom stereocenters. The third-order valence-electron chi connectivity index (χ3n) is 3.12. The largest absolute Gasteiger partial charge is 0.380 e. The standard InChI is InChI=1S/C11H20O2/c1-11(7-12-8-11)9-13-10-5-3-2-4-6-10/h10H,2-9H2,1H3.